The lowest BCUT2D eigenvalue weighted by molar-refractivity contribution is -0.116. The summed E-state index contributed by atoms with van der Waals surface area (Å²) in [7, 11) is 1.82. The van der Waals surface area contributed by atoms with E-state index in [1.165, 1.54) is 11.8 Å². The second-order valence-corrected chi connectivity index (χ2v) is 9.37. The number of carbonyl (C=O) groups excluding carboxylic acids is 3. The van der Waals surface area contributed by atoms with Gasteiger partial charge in [0.1, 0.15) is 0 Å². The monoisotopic (exact) mass is 507 g/mol. The standard InChI is InChI=1S/C29H25N5O4/c1-18(35)34-26-6-4-3-5-22(26)28(36)27(34)15-25-23(21-16-30-32(2)17-21)14-20-13-19(7-8-24(20)31-25)29(37)33-9-11-38-12-10-33/h3-8,13-17H,9-12H2,1-2H3/b27-15-. The van der Waals surface area contributed by atoms with Crippen LogP contribution >= 0.6 is 0 Å². The van der Waals surface area contributed by atoms with Crippen LogP contribution < -0.4 is 4.90 Å². The van der Waals surface area contributed by atoms with E-state index in [9.17, 15) is 14.4 Å². The molecule has 38 heavy (non-hydrogen) atoms. The van der Waals surface area contributed by atoms with E-state index < -0.39 is 0 Å². The van der Waals surface area contributed by atoms with Crippen molar-refractivity contribution < 1.29 is 19.1 Å². The number of nitrogens with zero attached hydrogens (tertiary/aromatic N) is 5. The Morgan fingerprint density at radius 2 is 1.82 bits per heavy atom. The molecule has 9 heteroatoms. The number of morpholine rings is 1. The summed E-state index contributed by atoms with van der Waals surface area (Å²) in [4.78, 5) is 47.2. The fourth-order valence-electron chi connectivity index (χ4n) is 5.00. The first-order valence-corrected chi connectivity index (χ1v) is 12.4. The molecule has 190 valence electrons. The Hall–Kier alpha value is -4.63. The number of aromatic nitrogens is 3. The van der Waals surface area contributed by atoms with Crippen molar-refractivity contribution in [3.63, 3.8) is 0 Å². The van der Waals surface area contributed by atoms with E-state index in [0.717, 1.165) is 16.5 Å². The Bertz CT molecular complexity index is 1650. The van der Waals surface area contributed by atoms with E-state index in [2.05, 4.69) is 5.10 Å². The van der Waals surface area contributed by atoms with Crippen molar-refractivity contribution in [1.82, 2.24) is 19.7 Å². The number of anilines is 1. The summed E-state index contributed by atoms with van der Waals surface area (Å²) >= 11 is 0. The smallest absolute Gasteiger partial charge is 0.254 e. The number of ether oxygens (including phenoxy) is 1. The van der Waals surface area contributed by atoms with Gasteiger partial charge in [-0.05, 0) is 42.5 Å². The third-order valence-electron chi connectivity index (χ3n) is 6.86. The van der Waals surface area contributed by atoms with E-state index in [1.54, 1.807) is 52.2 Å². The molecule has 2 aliphatic heterocycles. The SMILES string of the molecule is CC(=O)N1/C(=C\c2nc3ccc(C(=O)N4CCOCC4)cc3cc2-c2cnn(C)c2)C(=O)c2ccccc21. The highest BCUT2D eigenvalue weighted by molar-refractivity contribution is 6.26. The average Bonchev–Trinajstić information content (AvgIpc) is 3.49. The van der Waals surface area contributed by atoms with Gasteiger partial charge in [0, 0.05) is 60.9 Å². The van der Waals surface area contributed by atoms with Crippen LogP contribution in [-0.2, 0) is 16.6 Å². The number of ketones is 1. The molecule has 0 unspecified atom stereocenters. The first kappa shape index (κ1) is 23.7. The molecular formula is C29H25N5O4. The van der Waals surface area contributed by atoms with Gasteiger partial charge in [-0.15, -0.1) is 0 Å². The molecule has 0 N–H and O–H groups in total. The largest absolute Gasteiger partial charge is 0.378 e. The Labute approximate surface area is 218 Å². The predicted octanol–water partition coefficient (Wildman–Crippen LogP) is 3.70. The van der Waals surface area contributed by atoms with Crippen LogP contribution in [-0.4, -0.2) is 63.6 Å². The lowest BCUT2D eigenvalue weighted by Crippen LogP contribution is -2.40. The fraction of sp³-hybridized carbons (Fsp3) is 0.207. The number of fused-ring (bicyclic) bond motifs is 2. The molecule has 0 bridgehead atoms. The first-order valence-electron chi connectivity index (χ1n) is 12.4. The van der Waals surface area contributed by atoms with Crippen LogP contribution in [0.3, 0.4) is 0 Å². The van der Waals surface area contributed by atoms with Crippen molar-refractivity contribution in [2.24, 2.45) is 7.05 Å². The maximum atomic E-state index is 13.3. The van der Waals surface area contributed by atoms with Gasteiger partial charge in [0.15, 0.2) is 0 Å². The third kappa shape index (κ3) is 4.06. The van der Waals surface area contributed by atoms with Crippen LogP contribution in [0.25, 0.3) is 28.1 Å². The number of hydrogen-bond acceptors (Lipinski definition) is 6. The van der Waals surface area contributed by atoms with E-state index in [4.69, 9.17) is 9.72 Å². The van der Waals surface area contributed by atoms with Gasteiger partial charge in [-0.1, -0.05) is 12.1 Å². The molecule has 0 saturated carbocycles. The summed E-state index contributed by atoms with van der Waals surface area (Å²) in [5.74, 6) is -0.540. The maximum Gasteiger partial charge on any atom is 0.254 e. The molecular weight excluding hydrogens is 482 g/mol. The van der Waals surface area contributed by atoms with Crippen molar-refractivity contribution in [2.45, 2.75) is 6.92 Å². The highest BCUT2D eigenvalue weighted by atomic mass is 16.5. The number of para-hydroxylation sites is 1. The molecule has 2 aliphatic rings. The zero-order valence-corrected chi connectivity index (χ0v) is 21.0. The molecule has 2 amide bonds. The summed E-state index contributed by atoms with van der Waals surface area (Å²) in [6, 6.07) is 14.4. The fourth-order valence-corrected chi connectivity index (χ4v) is 5.00. The Morgan fingerprint density at radius 1 is 1.03 bits per heavy atom. The number of Topliss-reactive ketones (excluding diaryl/α,β-unsaturated/α-hetero) is 1. The van der Waals surface area contributed by atoms with E-state index >= 15 is 0 Å². The van der Waals surface area contributed by atoms with Crippen molar-refractivity contribution in [3.8, 4) is 11.1 Å². The van der Waals surface area contributed by atoms with Crippen LogP contribution in [0.5, 0.6) is 0 Å². The lowest BCUT2D eigenvalue weighted by Gasteiger charge is -2.27. The van der Waals surface area contributed by atoms with Crippen molar-refractivity contribution in [3.05, 3.63) is 83.4 Å². The Morgan fingerprint density at radius 3 is 2.55 bits per heavy atom. The molecule has 2 aromatic heterocycles. The summed E-state index contributed by atoms with van der Waals surface area (Å²) in [6.07, 6.45) is 5.25. The molecule has 6 rings (SSSR count). The minimum atomic E-state index is -0.260. The number of allylic oxidation sites excluding steroid dienone is 1. The number of hydrogen-bond donors (Lipinski definition) is 0. The third-order valence-corrected chi connectivity index (χ3v) is 6.86. The van der Waals surface area contributed by atoms with Crippen LogP contribution in [0.1, 0.15) is 33.3 Å². The van der Waals surface area contributed by atoms with Gasteiger partial charge in [-0.2, -0.15) is 5.10 Å². The molecule has 9 nitrogen and oxygen atoms in total. The van der Waals surface area contributed by atoms with E-state index in [1.807, 2.05) is 31.4 Å². The topological polar surface area (TPSA) is 97.6 Å². The highest BCUT2D eigenvalue weighted by Gasteiger charge is 2.34. The van der Waals surface area contributed by atoms with Crippen LogP contribution in [0.4, 0.5) is 5.69 Å². The number of amides is 2. The summed E-state index contributed by atoms with van der Waals surface area (Å²) in [5.41, 5.74) is 4.59. The van der Waals surface area contributed by atoms with E-state index in [0.29, 0.717) is 54.3 Å². The number of aryl methyl sites for hydroxylation is 1. The predicted molar refractivity (Wildman–Crippen MR) is 143 cm³/mol. The number of carbonyl (C=O) groups is 3. The lowest BCUT2D eigenvalue weighted by atomic mass is 10.0. The van der Waals surface area contributed by atoms with Crippen LogP contribution in [0.2, 0.25) is 0 Å². The molecule has 4 aromatic rings. The van der Waals surface area contributed by atoms with Gasteiger partial charge in [0.25, 0.3) is 5.91 Å². The average molecular weight is 508 g/mol. The normalized spacial score (nSPS) is 16.4. The minimum absolute atomic E-state index is 0.0456. The molecule has 0 aliphatic carbocycles. The van der Waals surface area contributed by atoms with Gasteiger partial charge >= 0.3 is 0 Å². The Kier molecular flexibility index (Phi) is 5.84. The molecule has 2 aromatic carbocycles. The summed E-state index contributed by atoms with van der Waals surface area (Å²) in [5, 5.41) is 5.09. The molecule has 0 radical (unpaired) electrons. The number of benzene rings is 2. The van der Waals surface area contributed by atoms with Gasteiger partial charge in [0.2, 0.25) is 11.7 Å². The highest BCUT2D eigenvalue weighted by Crippen LogP contribution is 2.37. The van der Waals surface area contributed by atoms with Gasteiger partial charge in [-0.3, -0.25) is 24.0 Å². The second kappa shape index (κ2) is 9.35. The van der Waals surface area contributed by atoms with Crippen molar-refractivity contribution in [1.29, 1.82) is 0 Å². The molecule has 0 atom stereocenters. The van der Waals surface area contributed by atoms with Crippen LogP contribution in [0.15, 0.2) is 66.6 Å². The molecule has 1 fully saturated rings. The summed E-state index contributed by atoms with van der Waals surface area (Å²) < 4.78 is 7.06. The zero-order chi connectivity index (χ0) is 26.4. The van der Waals surface area contributed by atoms with Crippen molar-refractivity contribution in [2.75, 3.05) is 31.2 Å². The number of pyridine rings is 1. The van der Waals surface area contributed by atoms with Crippen molar-refractivity contribution >= 4 is 40.3 Å². The van der Waals surface area contributed by atoms with E-state index in [-0.39, 0.29) is 23.3 Å². The molecule has 4 heterocycles. The van der Waals surface area contributed by atoms with Gasteiger partial charge in [0.05, 0.1) is 42.0 Å². The van der Waals surface area contributed by atoms with Crippen LogP contribution in [0, 0.1) is 0 Å². The number of rotatable bonds is 3. The van der Waals surface area contributed by atoms with Gasteiger partial charge in [-0.25, -0.2) is 4.98 Å². The quantitative estimate of drug-likeness (QED) is 0.392. The Balaban J connectivity index is 1.49. The summed E-state index contributed by atoms with van der Waals surface area (Å²) in [6.45, 7) is 3.62. The second-order valence-electron chi connectivity index (χ2n) is 9.37. The first-order chi connectivity index (χ1) is 18.4. The minimum Gasteiger partial charge on any atom is -0.378 e. The zero-order valence-electron chi connectivity index (χ0n) is 21.0. The maximum absolute atomic E-state index is 13.3. The molecule has 0 spiro atoms. The molecule has 1 saturated heterocycles. The van der Waals surface area contributed by atoms with Gasteiger partial charge < -0.3 is 9.64 Å².